The molecule has 5 rings (SSSR count). The maximum atomic E-state index is 9.73. The predicted octanol–water partition coefficient (Wildman–Crippen LogP) is 6.40. The number of phenolic OH excluding ortho intramolecular Hbond substituents is 1. The number of hydrogen-bond donors (Lipinski definition) is 2. The van der Waals surface area contributed by atoms with Crippen LogP contribution in [0.2, 0.25) is 0 Å². The van der Waals surface area contributed by atoms with Crippen molar-refractivity contribution in [1.82, 2.24) is 9.88 Å². The lowest BCUT2D eigenvalue weighted by Gasteiger charge is -2.26. The van der Waals surface area contributed by atoms with Crippen molar-refractivity contribution < 1.29 is 5.11 Å². The van der Waals surface area contributed by atoms with Gasteiger partial charge >= 0.3 is 0 Å². The maximum Gasteiger partial charge on any atom is 0.117 e. The van der Waals surface area contributed by atoms with E-state index >= 15 is 0 Å². The number of pyridine rings is 1. The Morgan fingerprint density at radius 2 is 1.80 bits per heavy atom. The average Bonchev–Trinajstić information content (AvgIpc) is 3.21. The van der Waals surface area contributed by atoms with E-state index in [1.807, 2.05) is 24.4 Å². The van der Waals surface area contributed by atoms with Crippen LogP contribution in [0, 0.1) is 0 Å². The summed E-state index contributed by atoms with van der Waals surface area (Å²) in [5, 5.41) is 13.1. The lowest BCUT2D eigenvalue weighted by molar-refractivity contribution is 0.221. The lowest BCUT2D eigenvalue weighted by atomic mass is 10.1. The van der Waals surface area contributed by atoms with Crippen molar-refractivity contribution in [3.05, 3.63) is 72.4 Å². The van der Waals surface area contributed by atoms with E-state index in [1.54, 1.807) is 23.5 Å². The Morgan fingerprint density at radius 1 is 0.967 bits per heavy atom. The zero-order chi connectivity index (χ0) is 20.3. The number of aromatic hydroxyl groups is 1. The van der Waals surface area contributed by atoms with Gasteiger partial charge in [-0.25, -0.2) is 0 Å². The number of likely N-dealkylation sites (tertiary alicyclic amines) is 1. The van der Waals surface area contributed by atoms with Gasteiger partial charge in [-0.3, -0.25) is 9.88 Å². The number of phenols is 1. The van der Waals surface area contributed by atoms with Gasteiger partial charge in [0.05, 0.1) is 15.9 Å². The molecule has 1 saturated heterocycles. The number of rotatable bonds is 5. The fourth-order valence-corrected chi connectivity index (χ4v) is 5.16. The van der Waals surface area contributed by atoms with Crippen LogP contribution in [0.1, 0.15) is 24.8 Å². The van der Waals surface area contributed by atoms with Gasteiger partial charge < -0.3 is 10.4 Å². The molecule has 1 aliphatic heterocycles. The molecule has 30 heavy (non-hydrogen) atoms. The molecule has 0 radical (unpaired) electrons. The summed E-state index contributed by atoms with van der Waals surface area (Å²) in [5.41, 5.74) is 5.45. The van der Waals surface area contributed by atoms with Crippen LogP contribution < -0.4 is 5.32 Å². The third-order valence-electron chi connectivity index (χ3n) is 5.63. The summed E-state index contributed by atoms with van der Waals surface area (Å²) in [6, 6.07) is 20.3. The van der Waals surface area contributed by atoms with Gasteiger partial charge in [0.15, 0.2) is 0 Å². The molecule has 1 fully saturated rings. The van der Waals surface area contributed by atoms with E-state index < -0.39 is 0 Å². The molecule has 0 spiro atoms. The maximum absolute atomic E-state index is 9.73. The quantitative estimate of drug-likeness (QED) is 0.396. The summed E-state index contributed by atoms with van der Waals surface area (Å²) < 4.78 is 1.12. The van der Waals surface area contributed by atoms with Crippen LogP contribution in [0.5, 0.6) is 5.75 Å². The molecule has 0 saturated carbocycles. The fraction of sp³-hybridized carbons (Fsp3) is 0.240. The Morgan fingerprint density at radius 3 is 2.60 bits per heavy atom. The summed E-state index contributed by atoms with van der Waals surface area (Å²) in [6.07, 6.45) is 5.85. The minimum atomic E-state index is 0.252. The molecule has 0 unspecified atom stereocenters. The average molecular weight is 416 g/mol. The standard InChI is InChI=1S/C25H25N3OS/c29-21-6-4-5-20(15-21)27-22-11-12-26-23-16-24(30-25(22)23)19-9-7-18(8-10-19)17-28-13-2-1-3-14-28/h4-12,15-16,29H,1-3,13-14,17H2,(H,26,27). The Kier molecular flexibility index (Phi) is 5.39. The highest BCUT2D eigenvalue weighted by Gasteiger charge is 2.12. The summed E-state index contributed by atoms with van der Waals surface area (Å²) in [4.78, 5) is 8.33. The molecule has 3 heterocycles. The van der Waals surface area contributed by atoms with Crippen molar-refractivity contribution in [2.24, 2.45) is 0 Å². The molecule has 4 nitrogen and oxygen atoms in total. The number of anilines is 2. The first kappa shape index (κ1) is 19.1. The van der Waals surface area contributed by atoms with Crippen molar-refractivity contribution in [1.29, 1.82) is 0 Å². The van der Waals surface area contributed by atoms with E-state index in [4.69, 9.17) is 0 Å². The molecule has 2 N–H and O–H groups in total. The molecule has 0 atom stereocenters. The van der Waals surface area contributed by atoms with Gasteiger partial charge in [0.2, 0.25) is 0 Å². The largest absolute Gasteiger partial charge is 0.508 e. The predicted molar refractivity (Wildman–Crippen MR) is 126 cm³/mol. The number of thiophene rings is 1. The van der Waals surface area contributed by atoms with Crippen molar-refractivity contribution >= 4 is 32.9 Å². The Hall–Kier alpha value is -2.89. The number of nitrogens with zero attached hydrogens (tertiary/aromatic N) is 2. The topological polar surface area (TPSA) is 48.4 Å². The van der Waals surface area contributed by atoms with Crippen molar-refractivity contribution in [2.75, 3.05) is 18.4 Å². The molecule has 2 aromatic carbocycles. The van der Waals surface area contributed by atoms with Crippen LogP contribution in [0.25, 0.3) is 20.7 Å². The highest BCUT2D eigenvalue weighted by molar-refractivity contribution is 7.22. The van der Waals surface area contributed by atoms with E-state index in [9.17, 15) is 5.11 Å². The molecule has 5 heteroatoms. The Bertz CT molecular complexity index is 1150. The third kappa shape index (κ3) is 4.18. The molecule has 152 valence electrons. The van der Waals surface area contributed by atoms with Crippen molar-refractivity contribution in [2.45, 2.75) is 25.8 Å². The fourth-order valence-electron chi connectivity index (χ4n) is 4.07. The molecular weight excluding hydrogens is 390 g/mol. The Labute approximate surface area is 180 Å². The number of nitrogens with one attached hydrogen (secondary N) is 1. The minimum Gasteiger partial charge on any atom is -0.508 e. The lowest BCUT2D eigenvalue weighted by Crippen LogP contribution is -2.28. The highest BCUT2D eigenvalue weighted by atomic mass is 32.1. The zero-order valence-corrected chi connectivity index (χ0v) is 17.7. The SMILES string of the molecule is Oc1cccc(Nc2ccnc3cc(-c4ccc(CN5CCCCC5)cc4)sc23)c1. The van der Waals surface area contributed by atoms with E-state index in [-0.39, 0.29) is 5.75 Å². The third-order valence-corrected chi connectivity index (χ3v) is 6.84. The van der Waals surface area contributed by atoms with Gasteiger partial charge in [0, 0.05) is 29.4 Å². The van der Waals surface area contributed by atoms with Crippen LogP contribution in [0.15, 0.2) is 66.9 Å². The number of benzene rings is 2. The number of fused-ring (bicyclic) bond motifs is 1. The van der Waals surface area contributed by atoms with E-state index in [2.05, 4.69) is 45.5 Å². The second-order valence-corrected chi connectivity index (χ2v) is 8.94. The molecule has 0 amide bonds. The monoisotopic (exact) mass is 415 g/mol. The molecule has 4 aromatic rings. The molecular formula is C25H25N3OS. The smallest absolute Gasteiger partial charge is 0.117 e. The van der Waals surface area contributed by atoms with Gasteiger partial charge in [0.1, 0.15) is 5.75 Å². The minimum absolute atomic E-state index is 0.252. The first-order valence-electron chi connectivity index (χ1n) is 10.5. The second kappa shape index (κ2) is 8.46. The number of aromatic nitrogens is 1. The first-order chi connectivity index (χ1) is 14.7. The summed E-state index contributed by atoms with van der Waals surface area (Å²) in [7, 11) is 0. The normalized spacial score (nSPS) is 14.8. The zero-order valence-electron chi connectivity index (χ0n) is 16.8. The number of hydrogen-bond acceptors (Lipinski definition) is 5. The molecule has 1 aliphatic rings. The van der Waals surface area contributed by atoms with Gasteiger partial charge in [0.25, 0.3) is 0 Å². The summed E-state index contributed by atoms with van der Waals surface area (Å²) in [5.74, 6) is 0.252. The number of piperidine rings is 1. The van der Waals surface area contributed by atoms with Crippen molar-refractivity contribution in [3.8, 4) is 16.2 Å². The highest BCUT2D eigenvalue weighted by Crippen LogP contribution is 2.37. The van der Waals surface area contributed by atoms with Crippen LogP contribution in [0.3, 0.4) is 0 Å². The first-order valence-corrected chi connectivity index (χ1v) is 11.3. The van der Waals surface area contributed by atoms with Crippen LogP contribution in [-0.2, 0) is 6.54 Å². The van der Waals surface area contributed by atoms with E-state index in [1.165, 1.54) is 48.4 Å². The second-order valence-electron chi connectivity index (χ2n) is 7.89. The van der Waals surface area contributed by atoms with Crippen LogP contribution in [-0.4, -0.2) is 28.1 Å². The Balaban J connectivity index is 1.38. The summed E-state index contributed by atoms with van der Waals surface area (Å²) >= 11 is 1.74. The van der Waals surface area contributed by atoms with Gasteiger partial charge in [-0.2, -0.15) is 0 Å². The van der Waals surface area contributed by atoms with Crippen LogP contribution >= 0.6 is 11.3 Å². The van der Waals surface area contributed by atoms with Gasteiger partial charge in [-0.1, -0.05) is 36.8 Å². The van der Waals surface area contributed by atoms with Crippen LogP contribution in [0.4, 0.5) is 11.4 Å². The molecule has 0 aliphatic carbocycles. The molecule has 2 aromatic heterocycles. The van der Waals surface area contributed by atoms with Gasteiger partial charge in [-0.05, 0) is 61.3 Å². The summed E-state index contributed by atoms with van der Waals surface area (Å²) in [6.45, 7) is 3.49. The van der Waals surface area contributed by atoms with Crippen molar-refractivity contribution in [3.63, 3.8) is 0 Å². The van der Waals surface area contributed by atoms with E-state index in [0.29, 0.717) is 0 Å². The van der Waals surface area contributed by atoms with E-state index in [0.717, 1.165) is 28.1 Å². The molecule has 0 bridgehead atoms. The van der Waals surface area contributed by atoms with Gasteiger partial charge in [-0.15, -0.1) is 11.3 Å².